The third kappa shape index (κ3) is 5.56. The predicted octanol–water partition coefficient (Wildman–Crippen LogP) is 5.42. The standard InChI is InChI=1S/C28H35N5O/c1-5-26-25(19-22-9-7-6-8-10-22)27(30-21(4)29-26)32-15-17-33(18-16-32)28(34)31-24-13-11-23(12-14-24)20(2)3/h6-14,20H,5,15-19H2,1-4H3,(H,31,34). The van der Waals surface area contributed by atoms with Crippen molar-refractivity contribution >= 4 is 17.5 Å². The summed E-state index contributed by atoms with van der Waals surface area (Å²) in [6.07, 6.45) is 1.68. The second kappa shape index (κ2) is 10.7. The number of carbonyl (C=O) groups is 1. The fourth-order valence-corrected chi connectivity index (χ4v) is 4.45. The molecule has 2 amide bonds. The van der Waals surface area contributed by atoms with E-state index in [0.29, 0.717) is 19.0 Å². The summed E-state index contributed by atoms with van der Waals surface area (Å²) in [5, 5.41) is 3.05. The lowest BCUT2D eigenvalue weighted by molar-refractivity contribution is 0.208. The smallest absolute Gasteiger partial charge is 0.321 e. The van der Waals surface area contributed by atoms with Gasteiger partial charge in [0.1, 0.15) is 11.6 Å². The maximum Gasteiger partial charge on any atom is 0.321 e. The number of carbonyl (C=O) groups excluding carboxylic acids is 1. The first-order valence-electron chi connectivity index (χ1n) is 12.3. The van der Waals surface area contributed by atoms with Crippen LogP contribution in [0.4, 0.5) is 16.3 Å². The molecule has 0 spiro atoms. The number of hydrogen-bond acceptors (Lipinski definition) is 4. The van der Waals surface area contributed by atoms with Crippen LogP contribution in [0.1, 0.15) is 54.9 Å². The number of aryl methyl sites for hydroxylation is 2. The van der Waals surface area contributed by atoms with Gasteiger partial charge in [0.15, 0.2) is 0 Å². The fourth-order valence-electron chi connectivity index (χ4n) is 4.45. The number of urea groups is 1. The Morgan fingerprint density at radius 3 is 2.26 bits per heavy atom. The third-order valence-corrected chi connectivity index (χ3v) is 6.44. The molecule has 0 unspecified atom stereocenters. The molecule has 34 heavy (non-hydrogen) atoms. The summed E-state index contributed by atoms with van der Waals surface area (Å²) in [4.78, 5) is 26.7. The second-order valence-electron chi connectivity index (χ2n) is 9.22. The van der Waals surface area contributed by atoms with Crippen molar-refractivity contribution in [2.75, 3.05) is 36.4 Å². The lowest BCUT2D eigenvalue weighted by Gasteiger charge is -2.36. The van der Waals surface area contributed by atoms with Crippen molar-refractivity contribution in [1.29, 1.82) is 0 Å². The molecule has 4 rings (SSSR count). The van der Waals surface area contributed by atoms with Gasteiger partial charge < -0.3 is 15.1 Å². The maximum absolute atomic E-state index is 12.9. The Morgan fingerprint density at radius 2 is 1.65 bits per heavy atom. The highest BCUT2D eigenvalue weighted by Crippen LogP contribution is 2.26. The van der Waals surface area contributed by atoms with Crippen LogP contribution in [0.5, 0.6) is 0 Å². The molecule has 1 aliphatic heterocycles. The Hall–Kier alpha value is -3.41. The van der Waals surface area contributed by atoms with E-state index in [2.05, 4.69) is 67.4 Å². The number of rotatable bonds is 6. The van der Waals surface area contributed by atoms with Crippen molar-refractivity contribution in [2.24, 2.45) is 0 Å². The van der Waals surface area contributed by atoms with Gasteiger partial charge in [-0.05, 0) is 42.5 Å². The van der Waals surface area contributed by atoms with Crippen LogP contribution in [0.15, 0.2) is 54.6 Å². The Labute approximate surface area is 203 Å². The van der Waals surface area contributed by atoms with E-state index in [0.717, 1.165) is 49.0 Å². The molecule has 2 heterocycles. The highest BCUT2D eigenvalue weighted by molar-refractivity contribution is 5.89. The molecule has 1 saturated heterocycles. The molecule has 1 aliphatic rings. The number of piperazine rings is 1. The van der Waals surface area contributed by atoms with Gasteiger partial charge in [0.25, 0.3) is 0 Å². The quantitative estimate of drug-likeness (QED) is 0.537. The molecule has 2 aromatic carbocycles. The Bertz CT molecular complexity index is 1100. The topological polar surface area (TPSA) is 61.4 Å². The number of nitrogens with zero attached hydrogens (tertiary/aromatic N) is 4. The van der Waals surface area contributed by atoms with Crippen LogP contribution < -0.4 is 10.2 Å². The van der Waals surface area contributed by atoms with Crippen LogP contribution in [0.2, 0.25) is 0 Å². The van der Waals surface area contributed by atoms with Crippen LogP contribution >= 0.6 is 0 Å². The van der Waals surface area contributed by atoms with Crippen LogP contribution in [0.25, 0.3) is 0 Å². The van der Waals surface area contributed by atoms with E-state index >= 15 is 0 Å². The van der Waals surface area contributed by atoms with Gasteiger partial charge in [0, 0.05) is 49.5 Å². The first-order chi connectivity index (χ1) is 16.4. The molecule has 1 aromatic heterocycles. The zero-order chi connectivity index (χ0) is 24.1. The van der Waals surface area contributed by atoms with E-state index in [1.807, 2.05) is 30.0 Å². The summed E-state index contributed by atoms with van der Waals surface area (Å²) in [5.41, 5.74) is 5.66. The molecule has 0 aliphatic carbocycles. The van der Waals surface area contributed by atoms with Crippen molar-refractivity contribution in [3.63, 3.8) is 0 Å². The summed E-state index contributed by atoms with van der Waals surface area (Å²) < 4.78 is 0. The second-order valence-corrected chi connectivity index (χ2v) is 9.22. The van der Waals surface area contributed by atoms with Crippen molar-refractivity contribution in [2.45, 2.75) is 46.5 Å². The molecule has 0 saturated carbocycles. The van der Waals surface area contributed by atoms with Gasteiger partial charge in [0.2, 0.25) is 0 Å². The predicted molar refractivity (Wildman–Crippen MR) is 139 cm³/mol. The highest BCUT2D eigenvalue weighted by atomic mass is 16.2. The number of anilines is 2. The van der Waals surface area contributed by atoms with Crippen LogP contribution in [-0.2, 0) is 12.8 Å². The minimum Gasteiger partial charge on any atom is -0.353 e. The van der Waals surface area contributed by atoms with Gasteiger partial charge in [-0.3, -0.25) is 0 Å². The molecule has 0 bridgehead atoms. The van der Waals surface area contributed by atoms with Crippen LogP contribution in [-0.4, -0.2) is 47.1 Å². The summed E-state index contributed by atoms with van der Waals surface area (Å²) in [6.45, 7) is 11.3. The molecular weight excluding hydrogens is 422 g/mol. The van der Waals surface area contributed by atoms with E-state index in [1.165, 1.54) is 16.7 Å². The Balaban J connectivity index is 1.45. The number of aromatic nitrogens is 2. The van der Waals surface area contributed by atoms with E-state index in [9.17, 15) is 4.79 Å². The minimum atomic E-state index is -0.0467. The highest BCUT2D eigenvalue weighted by Gasteiger charge is 2.25. The Kier molecular flexibility index (Phi) is 7.46. The average Bonchev–Trinajstić information content (AvgIpc) is 2.86. The van der Waals surface area contributed by atoms with Gasteiger partial charge in [-0.2, -0.15) is 0 Å². The number of benzene rings is 2. The number of nitrogens with one attached hydrogen (secondary N) is 1. The fraction of sp³-hybridized carbons (Fsp3) is 0.393. The van der Waals surface area contributed by atoms with Gasteiger partial charge in [-0.15, -0.1) is 0 Å². The molecule has 6 nitrogen and oxygen atoms in total. The molecule has 3 aromatic rings. The van der Waals surface area contributed by atoms with Gasteiger partial charge in [0.05, 0.1) is 0 Å². The van der Waals surface area contributed by atoms with Crippen molar-refractivity contribution in [3.8, 4) is 0 Å². The summed E-state index contributed by atoms with van der Waals surface area (Å²) in [7, 11) is 0. The lowest BCUT2D eigenvalue weighted by Crippen LogP contribution is -2.50. The summed E-state index contributed by atoms with van der Waals surface area (Å²) in [6, 6.07) is 18.6. The zero-order valence-electron chi connectivity index (χ0n) is 20.7. The lowest BCUT2D eigenvalue weighted by atomic mass is 10.0. The first-order valence-corrected chi connectivity index (χ1v) is 12.3. The van der Waals surface area contributed by atoms with Crippen molar-refractivity contribution < 1.29 is 4.79 Å². The molecule has 6 heteroatoms. The van der Waals surface area contributed by atoms with Crippen LogP contribution in [0.3, 0.4) is 0 Å². The summed E-state index contributed by atoms with van der Waals surface area (Å²) >= 11 is 0. The van der Waals surface area contributed by atoms with E-state index in [4.69, 9.17) is 9.97 Å². The molecule has 1 N–H and O–H groups in total. The molecular formula is C28H35N5O. The Morgan fingerprint density at radius 1 is 0.971 bits per heavy atom. The largest absolute Gasteiger partial charge is 0.353 e. The molecule has 1 fully saturated rings. The monoisotopic (exact) mass is 457 g/mol. The molecule has 0 radical (unpaired) electrons. The van der Waals surface area contributed by atoms with Gasteiger partial charge in [-0.1, -0.05) is 63.2 Å². The zero-order valence-corrected chi connectivity index (χ0v) is 20.7. The van der Waals surface area contributed by atoms with Gasteiger partial charge >= 0.3 is 6.03 Å². The minimum absolute atomic E-state index is 0.0467. The van der Waals surface area contributed by atoms with Crippen molar-refractivity contribution in [1.82, 2.24) is 14.9 Å². The van der Waals surface area contributed by atoms with Crippen LogP contribution in [0, 0.1) is 6.92 Å². The third-order valence-electron chi connectivity index (χ3n) is 6.44. The first kappa shape index (κ1) is 23.7. The number of hydrogen-bond donors (Lipinski definition) is 1. The maximum atomic E-state index is 12.9. The molecule has 0 atom stereocenters. The van der Waals surface area contributed by atoms with Gasteiger partial charge in [-0.25, -0.2) is 14.8 Å². The normalized spacial score (nSPS) is 13.9. The van der Waals surface area contributed by atoms with E-state index in [1.54, 1.807) is 0 Å². The van der Waals surface area contributed by atoms with Crippen molar-refractivity contribution in [3.05, 3.63) is 82.8 Å². The summed E-state index contributed by atoms with van der Waals surface area (Å²) in [5.74, 6) is 2.29. The SMILES string of the molecule is CCc1nc(C)nc(N2CCN(C(=O)Nc3ccc(C(C)C)cc3)CC2)c1Cc1ccccc1. The van der Waals surface area contributed by atoms with E-state index in [-0.39, 0.29) is 6.03 Å². The number of amides is 2. The van der Waals surface area contributed by atoms with E-state index < -0.39 is 0 Å². The average molecular weight is 458 g/mol. The molecule has 178 valence electrons.